The number of methoxy groups -OCH3 is 2. The third-order valence-electron chi connectivity index (χ3n) is 6.83. The Balaban J connectivity index is 1.29. The highest BCUT2D eigenvalue weighted by molar-refractivity contribution is 6.41. The molecule has 224 valence electrons. The minimum atomic E-state index is -0.0387. The van der Waals surface area contributed by atoms with E-state index in [0.29, 0.717) is 59.0 Å². The Morgan fingerprint density at radius 2 is 1.63 bits per heavy atom. The predicted molar refractivity (Wildman–Crippen MR) is 165 cm³/mol. The average Bonchev–Trinajstić information content (AvgIpc) is 3.04. The van der Waals surface area contributed by atoms with Gasteiger partial charge in [-0.1, -0.05) is 29.3 Å². The molecule has 0 radical (unpaired) electrons. The number of anilines is 4. The number of carbonyl (C=O) groups is 1. The maximum absolute atomic E-state index is 11.8. The van der Waals surface area contributed by atoms with Crippen molar-refractivity contribution in [3.05, 3.63) is 64.9 Å². The molecule has 4 aromatic rings. The number of carbonyl (C=O) groups excluding carboxylic acids is 1. The highest BCUT2D eigenvalue weighted by Gasteiger charge is 2.21. The number of pyridine rings is 1. The zero-order valence-electron chi connectivity index (χ0n) is 23.8. The lowest BCUT2D eigenvalue weighted by Gasteiger charge is -2.34. The molecule has 0 atom stereocenters. The Labute approximate surface area is 258 Å². The van der Waals surface area contributed by atoms with E-state index in [1.165, 1.54) is 26.9 Å². The second-order valence-electron chi connectivity index (χ2n) is 9.48. The summed E-state index contributed by atoms with van der Waals surface area (Å²) in [5, 5.41) is 9.62. The first-order valence-electron chi connectivity index (χ1n) is 13.3. The third-order valence-corrected chi connectivity index (χ3v) is 7.58. The van der Waals surface area contributed by atoms with Gasteiger partial charge in [0.1, 0.15) is 51.7 Å². The molecule has 13 nitrogen and oxygen atoms in total. The van der Waals surface area contributed by atoms with E-state index in [1.54, 1.807) is 25.4 Å². The fourth-order valence-corrected chi connectivity index (χ4v) is 5.15. The number of hydrogen-bond acceptors (Lipinski definition) is 11. The van der Waals surface area contributed by atoms with E-state index in [0.717, 1.165) is 25.2 Å². The number of aromatic nitrogens is 5. The van der Waals surface area contributed by atoms with Crippen LogP contribution in [-0.4, -0.2) is 88.2 Å². The van der Waals surface area contributed by atoms with Gasteiger partial charge >= 0.3 is 6.03 Å². The van der Waals surface area contributed by atoms with E-state index in [-0.39, 0.29) is 16.1 Å². The minimum absolute atomic E-state index is 0.0387. The van der Waals surface area contributed by atoms with Gasteiger partial charge in [0.2, 0.25) is 0 Å². The van der Waals surface area contributed by atoms with Crippen molar-refractivity contribution in [3.8, 4) is 22.8 Å². The molecule has 1 aliphatic heterocycles. The Kier molecular flexibility index (Phi) is 9.55. The third kappa shape index (κ3) is 6.96. The largest absolute Gasteiger partial charge is 0.495 e. The van der Waals surface area contributed by atoms with Gasteiger partial charge in [-0.25, -0.2) is 29.7 Å². The van der Waals surface area contributed by atoms with E-state index in [1.807, 2.05) is 23.2 Å². The molecule has 0 bridgehead atoms. The lowest BCUT2D eigenvalue weighted by atomic mass is 10.2. The van der Waals surface area contributed by atoms with Crippen LogP contribution < -0.4 is 25.4 Å². The zero-order chi connectivity index (χ0) is 30.3. The van der Waals surface area contributed by atoms with Crippen LogP contribution in [0, 0.1) is 0 Å². The molecule has 3 aromatic heterocycles. The van der Waals surface area contributed by atoms with Crippen LogP contribution in [0.4, 0.5) is 27.9 Å². The number of rotatable bonds is 9. The van der Waals surface area contributed by atoms with Crippen LogP contribution in [0.15, 0.2) is 49.3 Å². The first-order chi connectivity index (χ1) is 20.9. The molecule has 1 saturated heterocycles. The topological polar surface area (TPSA) is 143 Å². The Hall–Kier alpha value is -4.46. The molecular weight excluding hydrogens is 595 g/mol. The van der Waals surface area contributed by atoms with E-state index >= 15 is 0 Å². The molecule has 3 N–H and O–H groups in total. The molecule has 1 aromatic carbocycles. The summed E-state index contributed by atoms with van der Waals surface area (Å²) in [6, 6.07) is 7.25. The van der Waals surface area contributed by atoms with Crippen molar-refractivity contribution >= 4 is 52.4 Å². The van der Waals surface area contributed by atoms with E-state index in [2.05, 4.69) is 45.8 Å². The summed E-state index contributed by atoms with van der Waals surface area (Å²) in [6.45, 7) is 3.76. The van der Waals surface area contributed by atoms with Gasteiger partial charge in [-0.3, -0.25) is 4.90 Å². The van der Waals surface area contributed by atoms with Crippen LogP contribution in [0.25, 0.3) is 11.3 Å². The molecule has 0 spiro atoms. The van der Waals surface area contributed by atoms with Gasteiger partial charge in [0.15, 0.2) is 0 Å². The number of piperazine rings is 1. The monoisotopic (exact) mass is 624 g/mol. The van der Waals surface area contributed by atoms with Gasteiger partial charge < -0.3 is 30.3 Å². The van der Waals surface area contributed by atoms with Gasteiger partial charge in [-0.2, -0.15) is 0 Å². The van der Waals surface area contributed by atoms with Crippen molar-refractivity contribution in [2.24, 2.45) is 0 Å². The molecule has 5 rings (SSSR count). The van der Waals surface area contributed by atoms with Crippen LogP contribution in [0.5, 0.6) is 11.5 Å². The van der Waals surface area contributed by atoms with Crippen molar-refractivity contribution in [1.29, 1.82) is 0 Å². The summed E-state index contributed by atoms with van der Waals surface area (Å²) in [7, 11) is 4.66. The van der Waals surface area contributed by atoms with Gasteiger partial charge in [0.05, 0.1) is 31.2 Å². The minimum Gasteiger partial charge on any atom is -0.495 e. The first kappa shape index (κ1) is 30.0. The highest BCUT2D eigenvalue weighted by atomic mass is 35.5. The number of nitrogens with zero attached hydrogens (tertiary/aromatic N) is 7. The number of benzene rings is 1. The number of halogens is 2. The summed E-state index contributed by atoms with van der Waals surface area (Å²) in [4.78, 5) is 37.8. The summed E-state index contributed by atoms with van der Waals surface area (Å²) < 4.78 is 10.7. The number of urea groups is 1. The molecule has 0 unspecified atom stereocenters. The summed E-state index contributed by atoms with van der Waals surface area (Å²) >= 11 is 13.1. The second kappa shape index (κ2) is 13.7. The highest BCUT2D eigenvalue weighted by Crippen LogP contribution is 2.45. The lowest BCUT2D eigenvalue weighted by molar-refractivity contribution is 0.136. The number of amides is 2. The molecule has 15 heteroatoms. The quantitative estimate of drug-likeness (QED) is 0.240. The smallest absolute Gasteiger partial charge is 0.317 e. The molecule has 43 heavy (non-hydrogen) atoms. The fourth-order valence-electron chi connectivity index (χ4n) is 4.55. The molecule has 1 aliphatic rings. The maximum atomic E-state index is 11.8. The molecule has 1 fully saturated rings. The SMILES string of the molecule is CNC(=O)N1CCN(Cc2ccc(Nc3cc(-c4cncnc4Nc4c(Cl)c(OC)cc(OC)c4Cl)ncn3)nc2)CC1. The van der Waals surface area contributed by atoms with Crippen molar-refractivity contribution in [1.82, 2.24) is 40.0 Å². The van der Waals surface area contributed by atoms with Gasteiger partial charge in [0.25, 0.3) is 0 Å². The van der Waals surface area contributed by atoms with Crippen LogP contribution in [0.3, 0.4) is 0 Å². The van der Waals surface area contributed by atoms with Gasteiger partial charge in [0, 0.05) is 64.3 Å². The van der Waals surface area contributed by atoms with Gasteiger partial charge in [-0.15, -0.1) is 0 Å². The van der Waals surface area contributed by atoms with Crippen molar-refractivity contribution in [2.45, 2.75) is 6.54 Å². The van der Waals surface area contributed by atoms with E-state index < -0.39 is 0 Å². The van der Waals surface area contributed by atoms with E-state index in [4.69, 9.17) is 32.7 Å². The molecular formula is C28H30Cl2N10O3. The fraction of sp³-hybridized carbons (Fsp3) is 0.286. The summed E-state index contributed by atoms with van der Waals surface area (Å²) in [6.07, 6.45) is 6.30. The summed E-state index contributed by atoms with van der Waals surface area (Å²) in [5.41, 5.74) is 2.58. The molecule has 4 heterocycles. The maximum Gasteiger partial charge on any atom is 0.317 e. The van der Waals surface area contributed by atoms with Crippen LogP contribution in [0.1, 0.15) is 5.56 Å². The number of ether oxygens (including phenoxy) is 2. The Morgan fingerprint density at radius 3 is 2.28 bits per heavy atom. The first-order valence-corrected chi connectivity index (χ1v) is 14.1. The zero-order valence-corrected chi connectivity index (χ0v) is 25.3. The van der Waals surface area contributed by atoms with Crippen molar-refractivity contribution in [2.75, 3.05) is 58.1 Å². The number of hydrogen-bond donors (Lipinski definition) is 3. The predicted octanol–water partition coefficient (Wildman–Crippen LogP) is 4.60. The molecule has 2 amide bonds. The van der Waals surface area contributed by atoms with Crippen molar-refractivity contribution in [3.63, 3.8) is 0 Å². The summed E-state index contributed by atoms with van der Waals surface area (Å²) in [5.74, 6) is 2.35. The van der Waals surface area contributed by atoms with Gasteiger partial charge in [-0.05, 0) is 11.6 Å². The lowest BCUT2D eigenvalue weighted by Crippen LogP contribution is -2.50. The Bertz CT molecular complexity index is 1560. The Morgan fingerprint density at radius 1 is 0.884 bits per heavy atom. The van der Waals surface area contributed by atoms with Crippen LogP contribution >= 0.6 is 23.2 Å². The average molecular weight is 626 g/mol. The van der Waals surface area contributed by atoms with E-state index in [9.17, 15) is 4.79 Å². The van der Waals surface area contributed by atoms with Crippen LogP contribution in [0.2, 0.25) is 10.0 Å². The van der Waals surface area contributed by atoms with Crippen molar-refractivity contribution < 1.29 is 14.3 Å². The normalized spacial score (nSPS) is 13.4. The standard InChI is InChI=1S/C28H30Cl2N10O3/c1-31-28(41)40-8-6-39(7-9-40)14-17-4-5-22(33-12-17)37-23-10-19(34-16-35-23)18-13-32-15-36-27(18)38-26-24(29)20(42-2)11-21(43-3)25(26)30/h4-5,10-13,15-16H,6-9,14H2,1-3H3,(H,31,41)(H,32,36,38)(H,33,34,35,37). The second-order valence-corrected chi connectivity index (χ2v) is 10.2. The number of nitrogens with one attached hydrogen (secondary N) is 3. The molecule has 0 aliphatic carbocycles. The molecule has 0 saturated carbocycles. The van der Waals surface area contributed by atoms with Crippen LogP contribution in [-0.2, 0) is 6.54 Å².